The first-order chi connectivity index (χ1) is 12.6. The molecule has 1 aliphatic heterocycles. The summed E-state index contributed by atoms with van der Waals surface area (Å²) in [6.07, 6.45) is 6.86. The van der Waals surface area contributed by atoms with Crippen molar-refractivity contribution in [2.45, 2.75) is 46.1 Å². The van der Waals surface area contributed by atoms with Gasteiger partial charge in [-0.2, -0.15) is 0 Å². The van der Waals surface area contributed by atoms with E-state index in [-0.39, 0.29) is 6.04 Å². The van der Waals surface area contributed by atoms with E-state index in [4.69, 9.17) is 4.98 Å². The summed E-state index contributed by atoms with van der Waals surface area (Å²) in [5.74, 6) is 2.51. The number of piperidine rings is 1. The van der Waals surface area contributed by atoms with E-state index in [2.05, 4.69) is 35.9 Å². The second kappa shape index (κ2) is 6.82. The number of nitrogens with one attached hydrogen (secondary N) is 1. The summed E-state index contributed by atoms with van der Waals surface area (Å²) >= 11 is 0. The Morgan fingerprint density at radius 3 is 2.69 bits per heavy atom. The maximum atomic E-state index is 4.75. The van der Waals surface area contributed by atoms with Crippen LogP contribution in [0.15, 0.2) is 24.7 Å². The summed E-state index contributed by atoms with van der Waals surface area (Å²) in [4.78, 5) is 28.1. The summed E-state index contributed by atoms with van der Waals surface area (Å²) in [5, 5.41) is 0. The lowest BCUT2D eigenvalue weighted by molar-refractivity contribution is 0.460. The normalized spacial score (nSPS) is 17.5. The predicted octanol–water partition coefficient (Wildman–Crippen LogP) is 3.31. The fraction of sp³-hybridized carbons (Fsp3) is 0.421. The number of hydrogen-bond donors (Lipinski definition) is 1. The molecule has 0 spiro atoms. The smallest absolute Gasteiger partial charge is 0.156 e. The fourth-order valence-corrected chi connectivity index (χ4v) is 3.54. The van der Waals surface area contributed by atoms with Crippen molar-refractivity contribution < 1.29 is 0 Å². The van der Waals surface area contributed by atoms with Gasteiger partial charge in [-0.15, -0.1) is 0 Å². The molecule has 4 rings (SSSR count). The van der Waals surface area contributed by atoms with Gasteiger partial charge in [0.1, 0.15) is 23.7 Å². The van der Waals surface area contributed by atoms with Crippen molar-refractivity contribution in [3.05, 3.63) is 47.6 Å². The number of anilines is 1. The van der Waals surface area contributed by atoms with Crippen molar-refractivity contribution in [1.82, 2.24) is 29.9 Å². The molecule has 1 fully saturated rings. The van der Waals surface area contributed by atoms with Crippen LogP contribution in [0.1, 0.15) is 48.2 Å². The molecular formula is C19H23N7. The standard InChI is InChI=1S/C19H23N7/c1-12-8-18(22-11-21-12)26-7-5-4-6-17(26)15-9-16(25-14(3)24-15)19-20-10-13(2)23-19/h8-11,17H,4-7H2,1-3H3,(H,20,23). The van der Waals surface area contributed by atoms with E-state index in [1.165, 1.54) is 6.42 Å². The SMILES string of the molecule is Cc1cc(N2CCCCC2c2cc(-c3ncc(C)[nH]3)nc(C)n2)ncn1. The largest absolute Gasteiger partial charge is 0.348 e. The highest BCUT2D eigenvalue weighted by Gasteiger charge is 2.27. The van der Waals surface area contributed by atoms with Crippen LogP contribution < -0.4 is 4.90 Å². The van der Waals surface area contributed by atoms with Crippen molar-refractivity contribution in [2.24, 2.45) is 0 Å². The average molecular weight is 349 g/mol. The highest BCUT2D eigenvalue weighted by Crippen LogP contribution is 2.34. The van der Waals surface area contributed by atoms with Crippen LogP contribution in [-0.4, -0.2) is 36.4 Å². The Kier molecular flexibility index (Phi) is 4.36. The van der Waals surface area contributed by atoms with Crippen LogP contribution in [0.4, 0.5) is 5.82 Å². The Labute approximate surface area is 153 Å². The van der Waals surface area contributed by atoms with E-state index >= 15 is 0 Å². The number of aromatic nitrogens is 6. The number of rotatable bonds is 3. The average Bonchev–Trinajstić information content (AvgIpc) is 3.08. The number of hydrogen-bond acceptors (Lipinski definition) is 6. The van der Waals surface area contributed by atoms with Crippen molar-refractivity contribution in [3.63, 3.8) is 0 Å². The number of H-pyrrole nitrogens is 1. The van der Waals surface area contributed by atoms with Crippen LogP contribution in [0.2, 0.25) is 0 Å². The molecule has 7 heteroatoms. The molecule has 0 aliphatic carbocycles. The predicted molar refractivity (Wildman–Crippen MR) is 99.8 cm³/mol. The molecule has 3 aromatic rings. The van der Waals surface area contributed by atoms with Gasteiger partial charge in [-0.3, -0.25) is 0 Å². The molecule has 0 saturated carbocycles. The Balaban J connectivity index is 1.73. The summed E-state index contributed by atoms with van der Waals surface area (Å²) in [7, 11) is 0. The van der Waals surface area contributed by atoms with Gasteiger partial charge in [-0.1, -0.05) is 0 Å². The molecule has 1 atom stereocenters. The highest BCUT2D eigenvalue weighted by molar-refractivity contribution is 5.51. The third kappa shape index (κ3) is 3.29. The van der Waals surface area contributed by atoms with Crippen molar-refractivity contribution in [2.75, 3.05) is 11.4 Å². The molecular weight excluding hydrogens is 326 g/mol. The molecule has 3 aromatic heterocycles. The molecule has 0 amide bonds. The molecule has 1 unspecified atom stereocenters. The maximum absolute atomic E-state index is 4.75. The number of aromatic amines is 1. The van der Waals surface area contributed by atoms with Gasteiger partial charge >= 0.3 is 0 Å². The minimum Gasteiger partial charge on any atom is -0.348 e. The topological polar surface area (TPSA) is 83.5 Å². The second-order valence-corrected chi connectivity index (χ2v) is 6.86. The lowest BCUT2D eigenvalue weighted by Gasteiger charge is -2.36. The number of aryl methyl sites for hydroxylation is 3. The van der Waals surface area contributed by atoms with Crippen molar-refractivity contribution >= 4 is 5.82 Å². The molecule has 4 heterocycles. The summed E-state index contributed by atoms with van der Waals surface area (Å²) in [6.45, 7) is 6.90. The minimum absolute atomic E-state index is 0.189. The monoisotopic (exact) mass is 349 g/mol. The van der Waals surface area contributed by atoms with E-state index in [9.17, 15) is 0 Å². The molecule has 1 aliphatic rings. The van der Waals surface area contributed by atoms with Crippen LogP contribution in [0.25, 0.3) is 11.5 Å². The van der Waals surface area contributed by atoms with Crippen LogP contribution in [0.3, 0.4) is 0 Å². The molecule has 0 bridgehead atoms. The molecule has 1 saturated heterocycles. The van der Waals surface area contributed by atoms with Gasteiger partial charge in [0.2, 0.25) is 0 Å². The zero-order valence-corrected chi connectivity index (χ0v) is 15.4. The highest BCUT2D eigenvalue weighted by atomic mass is 15.2. The Morgan fingerprint density at radius 2 is 1.92 bits per heavy atom. The fourth-order valence-electron chi connectivity index (χ4n) is 3.54. The Hall–Kier alpha value is -2.83. The first-order valence-corrected chi connectivity index (χ1v) is 9.03. The molecule has 134 valence electrons. The van der Waals surface area contributed by atoms with E-state index in [0.717, 1.165) is 59.6 Å². The third-order valence-electron chi connectivity index (χ3n) is 4.73. The van der Waals surface area contributed by atoms with Crippen LogP contribution >= 0.6 is 0 Å². The van der Waals surface area contributed by atoms with Crippen molar-refractivity contribution in [1.29, 1.82) is 0 Å². The number of nitrogens with zero attached hydrogens (tertiary/aromatic N) is 6. The molecule has 0 radical (unpaired) electrons. The lowest BCUT2D eigenvalue weighted by Crippen LogP contribution is -2.34. The summed E-state index contributed by atoms with van der Waals surface area (Å²) < 4.78 is 0. The van der Waals surface area contributed by atoms with E-state index in [0.29, 0.717) is 0 Å². The molecule has 0 aromatic carbocycles. The number of imidazole rings is 1. The lowest BCUT2D eigenvalue weighted by atomic mass is 9.98. The third-order valence-corrected chi connectivity index (χ3v) is 4.73. The Bertz CT molecular complexity index is 918. The van der Waals surface area contributed by atoms with Gasteiger partial charge < -0.3 is 9.88 Å². The van der Waals surface area contributed by atoms with E-state index < -0.39 is 0 Å². The molecule has 26 heavy (non-hydrogen) atoms. The van der Waals surface area contributed by atoms with Crippen LogP contribution in [-0.2, 0) is 0 Å². The van der Waals surface area contributed by atoms with Gasteiger partial charge in [-0.25, -0.2) is 24.9 Å². The van der Waals surface area contributed by atoms with Gasteiger partial charge in [0.05, 0.1) is 11.7 Å². The molecule has 7 nitrogen and oxygen atoms in total. The van der Waals surface area contributed by atoms with Gasteiger partial charge in [0.25, 0.3) is 0 Å². The molecule has 1 N–H and O–H groups in total. The second-order valence-electron chi connectivity index (χ2n) is 6.86. The van der Waals surface area contributed by atoms with Gasteiger partial charge in [0, 0.05) is 30.2 Å². The summed E-state index contributed by atoms with van der Waals surface area (Å²) in [6, 6.07) is 4.29. The Morgan fingerprint density at radius 1 is 1.04 bits per heavy atom. The van der Waals surface area contributed by atoms with Gasteiger partial charge in [0.15, 0.2) is 5.82 Å². The van der Waals surface area contributed by atoms with Crippen LogP contribution in [0, 0.1) is 20.8 Å². The van der Waals surface area contributed by atoms with Gasteiger partial charge in [-0.05, 0) is 46.1 Å². The zero-order valence-electron chi connectivity index (χ0n) is 15.4. The quantitative estimate of drug-likeness (QED) is 0.781. The zero-order chi connectivity index (χ0) is 18.1. The first-order valence-electron chi connectivity index (χ1n) is 9.03. The maximum Gasteiger partial charge on any atom is 0.156 e. The summed E-state index contributed by atoms with van der Waals surface area (Å²) in [5.41, 5.74) is 3.86. The van der Waals surface area contributed by atoms with E-state index in [1.54, 1.807) is 6.33 Å². The van der Waals surface area contributed by atoms with E-state index in [1.807, 2.05) is 33.0 Å². The van der Waals surface area contributed by atoms with Crippen LogP contribution in [0.5, 0.6) is 0 Å². The first kappa shape index (κ1) is 16.6. The van der Waals surface area contributed by atoms with Crippen molar-refractivity contribution in [3.8, 4) is 11.5 Å². The minimum atomic E-state index is 0.189.